The molecule has 0 saturated heterocycles. The van der Waals surface area contributed by atoms with Gasteiger partial charge in [0.05, 0.1) is 23.0 Å². The molecule has 0 amide bonds. The normalized spacial score (nSPS) is 10.8. The Kier molecular flexibility index (Phi) is 2.83. The summed E-state index contributed by atoms with van der Waals surface area (Å²) in [6.45, 7) is 0. The van der Waals surface area contributed by atoms with E-state index in [0.717, 1.165) is 16.6 Å². The number of rotatable bonds is 2. The lowest BCUT2D eigenvalue weighted by atomic mass is 10.2. The van der Waals surface area contributed by atoms with E-state index < -0.39 is 5.97 Å². The summed E-state index contributed by atoms with van der Waals surface area (Å²) >= 11 is 3.40. The summed E-state index contributed by atoms with van der Waals surface area (Å²) in [5.74, 6) is -0.947. The molecule has 0 aliphatic heterocycles. The second kappa shape index (κ2) is 4.51. The van der Waals surface area contributed by atoms with E-state index in [0.29, 0.717) is 4.47 Å². The van der Waals surface area contributed by atoms with Crippen LogP contribution in [0.3, 0.4) is 0 Å². The quantitative estimate of drug-likeness (QED) is 0.787. The molecule has 0 saturated carbocycles. The van der Waals surface area contributed by atoms with E-state index in [1.165, 1.54) is 0 Å². The van der Waals surface area contributed by atoms with E-state index in [4.69, 9.17) is 5.11 Å². The van der Waals surface area contributed by atoms with Gasteiger partial charge in [-0.15, -0.1) is 0 Å². The van der Waals surface area contributed by atoms with Crippen molar-refractivity contribution in [1.82, 2.24) is 9.78 Å². The molecular formula is C14H9BrN2O2. The Bertz CT molecular complexity index is 780. The molecule has 5 heteroatoms. The highest BCUT2D eigenvalue weighted by atomic mass is 79.9. The molecule has 0 aliphatic rings. The van der Waals surface area contributed by atoms with Gasteiger partial charge in [-0.3, -0.25) is 0 Å². The number of carboxylic acid groups (broad SMARTS) is 1. The second-order valence-electron chi connectivity index (χ2n) is 4.09. The number of hydrogen-bond donors (Lipinski definition) is 1. The topological polar surface area (TPSA) is 55.1 Å². The fourth-order valence-electron chi connectivity index (χ4n) is 1.98. The maximum absolute atomic E-state index is 10.9. The van der Waals surface area contributed by atoms with Crippen molar-refractivity contribution in [2.45, 2.75) is 0 Å². The van der Waals surface area contributed by atoms with Crippen LogP contribution in [0.4, 0.5) is 0 Å². The van der Waals surface area contributed by atoms with Gasteiger partial charge < -0.3 is 5.11 Å². The lowest BCUT2D eigenvalue weighted by Gasteiger charge is -2.07. The lowest BCUT2D eigenvalue weighted by molar-refractivity contribution is 0.0697. The first-order valence-electron chi connectivity index (χ1n) is 5.63. The molecular weight excluding hydrogens is 308 g/mol. The third-order valence-corrected chi connectivity index (χ3v) is 3.54. The zero-order valence-corrected chi connectivity index (χ0v) is 11.3. The number of carbonyl (C=O) groups is 1. The van der Waals surface area contributed by atoms with Crippen LogP contribution in [0, 0.1) is 0 Å². The van der Waals surface area contributed by atoms with Gasteiger partial charge in [0.25, 0.3) is 0 Å². The van der Waals surface area contributed by atoms with Crippen molar-refractivity contribution in [2.75, 3.05) is 0 Å². The van der Waals surface area contributed by atoms with Crippen molar-refractivity contribution in [1.29, 1.82) is 0 Å². The number of carboxylic acids is 1. The zero-order chi connectivity index (χ0) is 13.4. The zero-order valence-electron chi connectivity index (χ0n) is 9.75. The Morgan fingerprint density at radius 3 is 2.74 bits per heavy atom. The molecule has 3 aromatic rings. The molecule has 0 fully saturated rings. The van der Waals surface area contributed by atoms with Crippen LogP contribution in [-0.2, 0) is 0 Å². The van der Waals surface area contributed by atoms with Gasteiger partial charge in [0.2, 0.25) is 0 Å². The Morgan fingerprint density at radius 1 is 1.21 bits per heavy atom. The fraction of sp³-hybridized carbons (Fsp3) is 0. The minimum absolute atomic E-state index is 0.243. The number of aromatic nitrogens is 2. The SMILES string of the molecule is O=C(O)c1ccc(-n2ncc3ccccc32)c(Br)c1. The molecule has 1 N–H and O–H groups in total. The van der Waals surface area contributed by atoms with E-state index >= 15 is 0 Å². The maximum Gasteiger partial charge on any atom is 0.335 e. The van der Waals surface area contributed by atoms with Gasteiger partial charge in [0.15, 0.2) is 0 Å². The molecule has 1 aromatic heterocycles. The van der Waals surface area contributed by atoms with Gasteiger partial charge in [-0.25, -0.2) is 9.48 Å². The summed E-state index contributed by atoms with van der Waals surface area (Å²) in [6, 6.07) is 12.7. The fourth-order valence-corrected chi connectivity index (χ4v) is 2.52. The van der Waals surface area contributed by atoms with Crippen LogP contribution in [0.25, 0.3) is 16.6 Å². The van der Waals surface area contributed by atoms with Crippen molar-refractivity contribution in [2.24, 2.45) is 0 Å². The van der Waals surface area contributed by atoms with Gasteiger partial charge in [-0.2, -0.15) is 5.10 Å². The Labute approximate surface area is 117 Å². The van der Waals surface area contributed by atoms with E-state index in [1.54, 1.807) is 29.1 Å². The first kappa shape index (κ1) is 11.9. The Balaban J connectivity index is 2.19. The predicted octanol–water partition coefficient (Wildman–Crippen LogP) is 3.49. The summed E-state index contributed by atoms with van der Waals surface area (Å²) < 4.78 is 2.48. The number of benzene rings is 2. The second-order valence-corrected chi connectivity index (χ2v) is 4.94. The van der Waals surface area contributed by atoms with E-state index in [-0.39, 0.29) is 5.56 Å². The molecule has 94 valence electrons. The van der Waals surface area contributed by atoms with E-state index in [2.05, 4.69) is 21.0 Å². The van der Waals surface area contributed by atoms with Crippen molar-refractivity contribution < 1.29 is 9.90 Å². The molecule has 3 rings (SSSR count). The molecule has 0 radical (unpaired) electrons. The highest BCUT2D eigenvalue weighted by Crippen LogP contribution is 2.25. The van der Waals surface area contributed by atoms with Gasteiger partial charge in [0.1, 0.15) is 0 Å². The van der Waals surface area contributed by atoms with Gasteiger partial charge in [-0.05, 0) is 40.2 Å². The van der Waals surface area contributed by atoms with Crippen LogP contribution in [0.2, 0.25) is 0 Å². The number of nitrogens with zero attached hydrogens (tertiary/aromatic N) is 2. The maximum atomic E-state index is 10.9. The van der Waals surface area contributed by atoms with Crippen LogP contribution in [0.15, 0.2) is 53.1 Å². The summed E-state index contributed by atoms with van der Waals surface area (Å²) in [6.07, 6.45) is 1.78. The summed E-state index contributed by atoms with van der Waals surface area (Å²) in [7, 11) is 0. The smallest absolute Gasteiger partial charge is 0.335 e. The van der Waals surface area contributed by atoms with Crippen molar-refractivity contribution in [3.05, 3.63) is 58.7 Å². The largest absolute Gasteiger partial charge is 0.478 e. The third kappa shape index (κ3) is 2.02. The molecule has 0 spiro atoms. The molecule has 0 unspecified atom stereocenters. The predicted molar refractivity (Wildman–Crippen MR) is 75.7 cm³/mol. The molecule has 0 atom stereocenters. The number of fused-ring (bicyclic) bond motifs is 1. The van der Waals surface area contributed by atoms with Crippen LogP contribution in [0.1, 0.15) is 10.4 Å². The average Bonchev–Trinajstić information content (AvgIpc) is 2.82. The van der Waals surface area contributed by atoms with Crippen molar-refractivity contribution >= 4 is 32.8 Å². The van der Waals surface area contributed by atoms with Crippen molar-refractivity contribution in [3.63, 3.8) is 0 Å². The highest BCUT2D eigenvalue weighted by Gasteiger charge is 2.10. The summed E-state index contributed by atoms with van der Waals surface area (Å²) in [5.41, 5.74) is 2.03. The van der Waals surface area contributed by atoms with Crippen LogP contribution >= 0.6 is 15.9 Å². The summed E-state index contributed by atoms with van der Waals surface area (Å²) in [4.78, 5) is 10.9. The molecule has 19 heavy (non-hydrogen) atoms. The third-order valence-electron chi connectivity index (χ3n) is 2.90. The lowest BCUT2D eigenvalue weighted by Crippen LogP contribution is -2.01. The van der Waals surface area contributed by atoms with Crippen molar-refractivity contribution in [3.8, 4) is 5.69 Å². The van der Waals surface area contributed by atoms with Crippen LogP contribution in [-0.4, -0.2) is 20.9 Å². The average molecular weight is 317 g/mol. The summed E-state index contributed by atoms with van der Waals surface area (Å²) in [5, 5.41) is 14.3. The Morgan fingerprint density at radius 2 is 2.00 bits per heavy atom. The van der Waals surface area contributed by atoms with Crippen LogP contribution in [0.5, 0.6) is 0 Å². The Hall–Kier alpha value is -2.14. The minimum Gasteiger partial charge on any atom is -0.478 e. The van der Waals surface area contributed by atoms with E-state index in [1.807, 2.05) is 24.3 Å². The van der Waals surface area contributed by atoms with Gasteiger partial charge in [-0.1, -0.05) is 18.2 Å². The minimum atomic E-state index is -0.947. The van der Waals surface area contributed by atoms with Crippen LogP contribution < -0.4 is 0 Å². The highest BCUT2D eigenvalue weighted by molar-refractivity contribution is 9.10. The number of aromatic carboxylic acids is 1. The molecule has 0 bridgehead atoms. The molecule has 4 nitrogen and oxygen atoms in total. The van der Waals surface area contributed by atoms with E-state index in [9.17, 15) is 4.79 Å². The molecule has 1 heterocycles. The standard InChI is InChI=1S/C14H9BrN2O2/c15-11-7-9(14(18)19)5-6-13(11)17-12-4-2-1-3-10(12)8-16-17/h1-8H,(H,18,19). The number of halogens is 1. The first-order valence-corrected chi connectivity index (χ1v) is 6.42. The monoisotopic (exact) mass is 316 g/mol. The van der Waals surface area contributed by atoms with Gasteiger partial charge in [0, 0.05) is 9.86 Å². The first-order chi connectivity index (χ1) is 9.16. The number of hydrogen-bond acceptors (Lipinski definition) is 2. The number of para-hydroxylation sites is 1. The molecule has 2 aromatic carbocycles. The van der Waals surface area contributed by atoms with Gasteiger partial charge >= 0.3 is 5.97 Å². The molecule has 0 aliphatic carbocycles.